The molecule has 0 aliphatic carbocycles. The predicted octanol–water partition coefficient (Wildman–Crippen LogP) is 6.69. The first-order valence-electron chi connectivity index (χ1n) is 8.85. The highest BCUT2D eigenvalue weighted by atomic mass is 14.7. The average molecular weight is 302 g/mol. The molecule has 0 saturated carbocycles. The predicted molar refractivity (Wildman–Crippen MR) is 103 cm³/mol. The highest BCUT2D eigenvalue weighted by molar-refractivity contribution is 5.71. The molecule has 0 spiro atoms. The number of allylic oxidation sites excluding steroid dienone is 7. The van der Waals surface area contributed by atoms with Crippen molar-refractivity contribution in [3.8, 4) is 0 Å². The zero-order valence-corrected chi connectivity index (χ0v) is 15.1. The van der Waals surface area contributed by atoms with E-state index < -0.39 is 0 Å². The molecule has 0 N–H and O–H groups in total. The summed E-state index contributed by atoms with van der Waals surface area (Å²) in [6, 6.07) is 0. The molecule has 22 heavy (non-hydrogen) atoms. The second-order valence-corrected chi connectivity index (χ2v) is 5.88. The van der Waals surface area contributed by atoms with Crippen molar-refractivity contribution in [3.63, 3.8) is 0 Å². The van der Waals surface area contributed by atoms with E-state index in [1.165, 1.54) is 36.8 Å². The Morgan fingerprint density at radius 3 is 2.50 bits per heavy atom. The Balaban J connectivity index is 4.80. The first-order valence-corrected chi connectivity index (χ1v) is 8.85. The summed E-state index contributed by atoms with van der Waals surface area (Å²) < 4.78 is 0. The lowest BCUT2D eigenvalue weighted by atomic mass is 9.96. The third-order valence-corrected chi connectivity index (χ3v) is 3.67. The van der Waals surface area contributed by atoms with Gasteiger partial charge in [0.1, 0.15) is 0 Å². The standard InChI is InChI=1S/C21H35N/c1-6-10-13-21(14-11-12-16-22-15-7-2)18-20(9-4)17-19(5)8-3/h9,11-12,14,16-17,19H,4,6-8,10,13,15,18H2,1-3,5H3/b12-11-,20-17+,21-14+,22-16?. The van der Waals surface area contributed by atoms with E-state index >= 15 is 0 Å². The van der Waals surface area contributed by atoms with Gasteiger partial charge in [-0.2, -0.15) is 0 Å². The van der Waals surface area contributed by atoms with Gasteiger partial charge in [-0.3, -0.25) is 4.99 Å². The van der Waals surface area contributed by atoms with Gasteiger partial charge in [-0.1, -0.05) is 77.0 Å². The SMILES string of the molecule is C=C/C(=C\C(C)CC)C/C(=C/C=C\C=NCCC)CCCC. The quantitative estimate of drug-likeness (QED) is 0.281. The van der Waals surface area contributed by atoms with Gasteiger partial charge < -0.3 is 0 Å². The van der Waals surface area contributed by atoms with Crippen LogP contribution in [0, 0.1) is 5.92 Å². The number of aliphatic imine (C=N–C) groups is 1. The van der Waals surface area contributed by atoms with Crippen LogP contribution in [-0.4, -0.2) is 12.8 Å². The maximum atomic E-state index is 4.31. The molecule has 0 fully saturated rings. The molecule has 0 aromatic carbocycles. The van der Waals surface area contributed by atoms with E-state index in [1.54, 1.807) is 0 Å². The second kappa shape index (κ2) is 14.6. The second-order valence-electron chi connectivity index (χ2n) is 5.88. The summed E-state index contributed by atoms with van der Waals surface area (Å²) in [7, 11) is 0. The van der Waals surface area contributed by atoms with Crippen molar-refractivity contribution in [1.29, 1.82) is 0 Å². The first-order chi connectivity index (χ1) is 10.7. The number of rotatable bonds is 12. The first kappa shape index (κ1) is 20.6. The fourth-order valence-electron chi connectivity index (χ4n) is 2.08. The number of hydrogen-bond donors (Lipinski definition) is 0. The summed E-state index contributed by atoms with van der Waals surface area (Å²) in [4.78, 5) is 4.31. The molecule has 0 amide bonds. The zero-order chi connectivity index (χ0) is 16.6. The molecule has 0 aromatic rings. The third-order valence-electron chi connectivity index (χ3n) is 3.67. The summed E-state index contributed by atoms with van der Waals surface area (Å²) in [5, 5.41) is 0. The molecule has 1 atom stereocenters. The van der Waals surface area contributed by atoms with Crippen LogP contribution in [0.5, 0.6) is 0 Å². The molecule has 1 unspecified atom stereocenters. The van der Waals surface area contributed by atoms with Crippen LogP contribution in [-0.2, 0) is 0 Å². The van der Waals surface area contributed by atoms with Crippen LogP contribution >= 0.6 is 0 Å². The Morgan fingerprint density at radius 1 is 1.14 bits per heavy atom. The van der Waals surface area contributed by atoms with Gasteiger partial charge in [-0.15, -0.1) is 0 Å². The lowest BCUT2D eigenvalue weighted by molar-refractivity contribution is 0.690. The molecular formula is C21H35N. The van der Waals surface area contributed by atoms with Crippen molar-refractivity contribution in [2.75, 3.05) is 6.54 Å². The minimum Gasteiger partial charge on any atom is -0.293 e. The average Bonchev–Trinajstić information content (AvgIpc) is 2.54. The number of nitrogens with zero attached hydrogens (tertiary/aromatic N) is 1. The maximum Gasteiger partial charge on any atom is 0.0386 e. The monoisotopic (exact) mass is 301 g/mol. The summed E-state index contributed by atoms with van der Waals surface area (Å²) >= 11 is 0. The van der Waals surface area contributed by atoms with Crippen molar-refractivity contribution >= 4 is 6.21 Å². The summed E-state index contributed by atoms with van der Waals surface area (Å²) in [6.45, 7) is 13.8. The summed E-state index contributed by atoms with van der Waals surface area (Å²) in [6.07, 6.45) is 19.6. The molecule has 0 aliphatic rings. The van der Waals surface area contributed by atoms with Gasteiger partial charge in [-0.05, 0) is 43.3 Å². The van der Waals surface area contributed by atoms with Crippen molar-refractivity contribution in [1.82, 2.24) is 0 Å². The van der Waals surface area contributed by atoms with Crippen LogP contribution in [0.3, 0.4) is 0 Å². The summed E-state index contributed by atoms with van der Waals surface area (Å²) in [5.41, 5.74) is 2.83. The highest BCUT2D eigenvalue weighted by Crippen LogP contribution is 2.20. The van der Waals surface area contributed by atoms with E-state index in [1.807, 2.05) is 18.4 Å². The smallest absolute Gasteiger partial charge is 0.0386 e. The molecule has 1 heteroatoms. The number of hydrogen-bond acceptors (Lipinski definition) is 1. The molecule has 0 saturated heterocycles. The fourth-order valence-corrected chi connectivity index (χ4v) is 2.08. The highest BCUT2D eigenvalue weighted by Gasteiger charge is 2.02. The van der Waals surface area contributed by atoms with Crippen LogP contribution in [0.2, 0.25) is 0 Å². The minimum absolute atomic E-state index is 0.622. The van der Waals surface area contributed by atoms with Gasteiger partial charge in [0, 0.05) is 12.8 Å². The van der Waals surface area contributed by atoms with E-state index in [0.717, 1.165) is 19.4 Å². The van der Waals surface area contributed by atoms with Crippen molar-refractivity contribution in [3.05, 3.63) is 48.1 Å². The van der Waals surface area contributed by atoms with Gasteiger partial charge >= 0.3 is 0 Å². The van der Waals surface area contributed by atoms with Gasteiger partial charge in [0.15, 0.2) is 0 Å². The van der Waals surface area contributed by atoms with Gasteiger partial charge in [0.05, 0.1) is 0 Å². The molecule has 0 rings (SSSR count). The minimum atomic E-state index is 0.622. The van der Waals surface area contributed by atoms with Crippen molar-refractivity contribution < 1.29 is 0 Å². The molecule has 1 nitrogen and oxygen atoms in total. The van der Waals surface area contributed by atoms with Gasteiger partial charge in [0.2, 0.25) is 0 Å². The Bertz CT molecular complexity index is 396. The molecule has 0 aromatic heterocycles. The Kier molecular flexibility index (Phi) is 13.7. The van der Waals surface area contributed by atoms with E-state index in [2.05, 4.69) is 57.5 Å². The Morgan fingerprint density at radius 2 is 1.91 bits per heavy atom. The van der Waals surface area contributed by atoms with Gasteiger partial charge in [0.25, 0.3) is 0 Å². The molecule has 0 aliphatic heterocycles. The van der Waals surface area contributed by atoms with E-state index in [4.69, 9.17) is 0 Å². The van der Waals surface area contributed by atoms with Crippen LogP contribution in [0.25, 0.3) is 0 Å². The van der Waals surface area contributed by atoms with Crippen LogP contribution in [0.1, 0.15) is 66.2 Å². The normalized spacial score (nSPS) is 14.9. The molecular weight excluding hydrogens is 266 g/mol. The number of unbranched alkanes of at least 4 members (excludes halogenated alkanes) is 1. The third kappa shape index (κ3) is 11.3. The molecule has 0 heterocycles. The van der Waals surface area contributed by atoms with Crippen LogP contribution < -0.4 is 0 Å². The molecule has 0 bridgehead atoms. The molecule has 0 radical (unpaired) electrons. The molecule has 124 valence electrons. The largest absolute Gasteiger partial charge is 0.293 e. The topological polar surface area (TPSA) is 12.4 Å². The van der Waals surface area contributed by atoms with Gasteiger partial charge in [-0.25, -0.2) is 0 Å². The lowest BCUT2D eigenvalue weighted by Crippen LogP contribution is -1.92. The van der Waals surface area contributed by atoms with Crippen LogP contribution in [0.4, 0.5) is 0 Å². The van der Waals surface area contributed by atoms with E-state index in [0.29, 0.717) is 5.92 Å². The van der Waals surface area contributed by atoms with E-state index in [9.17, 15) is 0 Å². The van der Waals surface area contributed by atoms with Crippen molar-refractivity contribution in [2.45, 2.75) is 66.2 Å². The zero-order valence-electron chi connectivity index (χ0n) is 15.1. The fraction of sp³-hybridized carbons (Fsp3) is 0.571. The summed E-state index contributed by atoms with van der Waals surface area (Å²) in [5.74, 6) is 0.622. The van der Waals surface area contributed by atoms with Crippen LogP contribution in [0.15, 0.2) is 53.1 Å². The Hall–Kier alpha value is -1.37. The lowest BCUT2D eigenvalue weighted by Gasteiger charge is -2.10. The van der Waals surface area contributed by atoms with Crippen molar-refractivity contribution in [2.24, 2.45) is 10.9 Å². The maximum absolute atomic E-state index is 4.31. The Labute approximate surface area is 138 Å². The van der Waals surface area contributed by atoms with E-state index in [-0.39, 0.29) is 0 Å².